The van der Waals surface area contributed by atoms with Crippen molar-refractivity contribution >= 4 is 0 Å². The minimum Gasteiger partial charge on any atom is -0.322 e. The zero-order chi connectivity index (χ0) is 14.9. The van der Waals surface area contributed by atoms with E-state index >= 15 is 0 Å². The van der Waals surface area contributed by atoms with E-state index in [1.165, 1.54) is 22.3 Å². The zero-order valence-corrected chi connectivity index (χ0v) is 12.8. The highest BCUT2D eigenvalue weighted by atomic mass is 14.8. The van der Waals surface area contributed by atoms with Gasteiger partial charge in [-0.3, -0.25) is 0 Å². The summed E-state index contributed by atoms with van der Waals surface area (Å²) in [5.74, 6) is 0. The second-order valence-corrected chi connectivity index (χ2v) is 5.63. The average Bonchev–Trinajstić information content (AvgIpc) is 2.43. The molecular weight excluding hydrogens is 244 g/mol. The van der Waals surface area contributed by atoms with Crippen LogP contribution >= 0.6 is 0 Å². The Balaban J connectivity index is 2.40. The van der Waals surface area contributed by atoms with Crippen LogP contribution in [0, 0.1) is 27.7 Å². The predicted octanol–water partition coefficient (Wildman–Crippen LogP) is 3.62. The second-order valence-electron chi connectivity index (χ2n) is 5.63. The van der Waals surface area contributed by atoms with Gasteiger partial charge in [-0.2, -0.15) is 0 Å². The maximum absolute atomic E-state index is 6.43. The van der Waals surface area contributed by atoms with Crippen LogP contribution in [0.5, 0.6) is 0 Å². The first-order valence-corrected chi connectivity index (χ1v) is 7.07. The lowest BCUT2D eigenvalue weighted by Gasteiger charge is -2.25. The second kappa shape index (κ2) is 5.78. The van der Waals surface area contributed by atoms with Crippen molar-refractivity contribution in [3.8, 4) is 0 Å². The molecule has 0 saturated carbocycles. The van der Waals surface area contributed by atoms with Crippen molar-refractivity contribution in [1.82, 2.24) is 0 Å². The molecule has 20 heavy (non-hydrogen) atoms. The molecule has 0 aliphatic rings. The third-order valence-corrected chi connectivity index (χ3v) is 4.40. The van der Waals surface area contributed by atoms with Gasteiger partial charge in [-0.15, -0.1) is 0 Å². The summed E-state index contributed by atoms with van der Waals surface area (Å²) in [4.78, 5) is 0. The Morgan fingerprint density at radius 1 is 0.650 bits per heavy atom. The van der Waals surface area contributed by atoms with Crippen LogP contribution < -0.4 is 11.5 Å². The van der Waals surface area contributed by atoms with Gasteiger partial charge >= 0.3 is 0 Å². The summed E-state index contributed by atoms with van der Waals surface area (Å²) in [6.07, 6.45) is 0. The molecule has 0 aromatic heterocycles. The molecule has 0 aliphatic carbocycles. The first-order chi connectivity index (χ1) is 9.43. The van der Waals surface area contributed by atoms with Crippen molar-refractivity contribution in [1.29, 1.82) is 0 Å². The molecule has 106 valence electrons. The smallest absolute Gasteiger partial charge is 0.0493 e. The Kier molecular flexibility index (Phi) is 4.26. The quantitative estimate of drug-likeness (QED) is 0.893. The molecule has 0 bridgehead atoms. The molecule has 2 aromatic carbocycles. The third kappa shape index (κ3) is 2.62. The average molecular weight is 268 g/mol. The van der Waals surface area contributed by atoms with Crippen LogP contribution in [-0.4, -0.2) is 0 Å². The van der Waals surface area contributed by atoms with Crippen LogP contribution in [0.1, 0.15) is 45.5 Å². The van der Waals surface area contributed by atoms with Crippen LogP contribution in [-0.2, 0) is 0 Å². The minimum atomic E-state index is -0.185. The molecule has 2 rings (SSSR count). The number of rotatable bonds is 3. The normalized spacial score (nSPS) is 14.1. The highest BCUT2D eigenvalue weighted by Crippen LogP contribution is 2.30. The van der Waals surface area contributed by atoms with Crippen molar-refractivity contribution in [2.24, 2.45) is 11.5 Å². The Morgan fingerprint density at radius 3 is 1.35 bits per heavy atom. The highest BCUT2D eigenvalue weighted by molar-refractivity contribution is 5.40. The van der Waals surface area contributed by atoms with Crippen LogP contribution in [0.2, 0.25) is 0 Å². The fourth-order valence-electron chi connectivity index (χ4n) is 2.66. The fourth-order valence-corrected chi connectivity index (χ4v) is 2.66. The van der Waals surface area contributed by atoms with Gasteiger partial charge in [-0.05, 0) is 61.1 Å². The monoisotopic (exact) mass is 268 g/mol. The van der Waals surface area contributed by atoms with E-state index in [1.807, 2.05) is 12.1 Å². The first-order valence-electron chi connectivity index (χ1n) is 7.07. The molecular formula is C18H24N2. The van der Waals surface area contributed by atoms with E-state index in [2.05, 4.69) is 52.0 Å². The van der Waals surface area contributed by atoms with Crippen molar-refractivity contribution in [2.45, 2.75) is 39.8 Å². The summed E-state index contributed by atoms with van der Waals surface area (Å²) in [7, 11) is 0. The van der Waals surface area contributed by atoms with Gasteiger partial charge in [0.05, 0.1) is 0 Å². The topological polar surface area (TPSA) is 52.0 Å². The van der Waals surface area contributed by atoms with Crippen molar-refractivity contribution < 1.29 is 0 Å². The number of hydrogen-bond donors (Lipinski definition) is 2. The van der Waals surface area contributed by atoms with E-state index in [0.717, 1.165) is 11.1 Å². The van der Waals surface area contributed by atoms with Gasteiger partial charge in [0.15, 0.2) is 0 Å². The first kappa shape index (κ1) is 14.8. The van der Waals surface area contributed by atoms with E-state index in [4.69, 9.17) is 11.5 Å². The molecule has 4 N–H and O–H groups in total. The molecule has 2 nitrogen and oxygen atoms in total. The van der Waals surface area contributed by atoms with Gasteiger partial charge in [-0.25, -0.2) is 0 Å². The Hall–Kier alpha value is -1.64. The van der Waals surface area contributed by atoms with Crippen LogP contribution in [0.15, 0.2) is 36.4 Å². The highest BCUT2D eigenvalue weighted by Gasteiger charge is 2.21. The minimum absolute atomic E-state index is 0.185. The lowest BCUT2D eigenvalue weighted by atomic mass is 9.88. The van der Waals surface area contributed by atoms with Gasteiger partial charge in [-0.1, -0.05) is 36.4 Å². The van der Waals surface area contributed by atoms with E-state index in [-0.39, 0.29) is 12.1 Å². The van der Waals surface area contributed by atoms with Gasteiger partial charge in [0, 0.05) is 12.1 Å². The standard InChI is InChI=1S/C18H24N2/c1-11-7-5-9-15(13(11)3)17(19)18(20)16-10-6-8-12(2)14(16)4/h5-10,17-18H,19-20H2,1-4H3. The molecule has 0 radical (unpaired) electrons. The van der Waals surface area contributed by atoms with E-state index < -0.39 is 0 Å². The maximum atomic E-state index is 6.43. The molecule has 2 atom stereocenters. The summed E-state index contributed by atoms with van der Waals surface area (Å²) in [6.45, 7) is 8.44. The molecule has 0 aliphatic heterocycles. The van der Waals surface area contributed by atoms with Crippen molar-refractivity contribution in [2.75, 3.05) is 0 Å². The van der Waals surface area contributed by atoms with Crippen molar-refractivity contribution in [3.63, 3.8) is 0 Å². The SMILES string of the molecule is Cc1cccc(C(N)C(N)c2cccc(C)c2C)c1C. The van der Waals surface area contributed by atoms with E-state index in [1.54, 1.807) is 0 Å². The lowest BCUT2D eigenvalue weighted by Crippen LogP contribution is -2.28. The van der Waals surface area contributed by atoms with Crippen LogP contribution in [0.3, 0.4) is 0 Å². The Bertz CT molecular complexity index is 561. The summed E-state index contributed by atoms with van der Waals surface area (Å²) in [5, 5.41) is 0. The molecule has 2 heteroatoms. The van der Waals surface area contributed by atoms with E-state index in [9.17, 15) is 0 Å². The summed E-state index contributed by atoms with van der Waals surface area (Å²) in [6, 6.07) is 12.1. The zero-order valence-electron chi connectivity index (χ0n) is 12.8. The van der Waals surface area contributed by atoms with Crippen molar-refractivity contribution in [3.05, 3.63) is 69.8 Å². The van der Waals surface area contributed by atoms with Gasteiger partial charge < -0.3 is 11.5 Å². The fraction of sp³-hybridized carbons (Fsp3) is 0.333. The number of hydrogen-bond acceptors (Lipinski definition) is 2. The molecule has 0 heterocycles. The van der Waals surface area contributed by atoms with Crippen LogP contribution in [0.25, 0.3) is 0 Å². The third-order valence-electron chi connectivity index (χ3n) is 4.40. The summed E-state index contributed by atoms with van der Waals surface area (Å²) in [5.41, 5.74) is 20.1. The van der Waals surface area contributed by atoms with Gasteiger partial charge in [0.25, 0.3) is 0 Å². The largest absolute Gasteiger partial charge is 0.322 e. The Labute approximate surface area is 121 Å². The lowest BCUT2D eigenvalue weighted by molar-refractivity contribution is 0.568. The molecule has 0 spiro atoms. The number of nitrogens with two attached hydrogens (primary N) is 2. The van der Waals surface area contributed by atoms with Gasteiger partial charge in [0.1, 0.15) is 0 Å². The predicted molar refractivity (Wildman–Crippen MR) is 85.7 cm³/mol. The molecule has 0 amide bonds. The summed E-state index contributed by atoms with van der Waals surface area (Å²) >= 11 is 0. The van der Waals surface area contributed by atoms with Gasteiger partial charge in [0.2, 0.25) is 0 Å². The number of aryl methyl sites for hydroxylation is 2. The molecule has 2 aromatic rings. The number of benzene rings is 2. The summed E-state index contributed by atoms with van der Waals surface area (Å²) < 4.78 is 0. The van der Waals surface area contributed by atoms with E-state index in [0.29, 0.717) is 0 Å². The molecule has 2 unspecified atom stereocenters. The Morgan fingerprint density at radius 2 is 1.00 bits per heavy atom. The maximum Gasteiger partial charge on any atom is 0.0493 e. The molecule has 0 fully saturated rings. The van der Waals surface area contributed by atoms with Crippen LogP contribution in [0.4, 0.5) is 0 Å². The molecule has 0 saturated heterocycles.